The number of fused-ring (bicyclic) bond motifs is 1. The van der Waals surface area contributed by atoms with E-state index in [1.165, 1.54) is 0 Å². The Morgan fingerprint density at radius 1 is 0.913 bits per heavy atom. The average molecular weight is 626 g/mol. The Kier molecular flexibility index (Phi) is 9.48. The molecule has 2 aliphatic heterocycles. The van der Waals surface area contributed by atoms with Crippen LogP contribution in [0.15, 0.2) is 60.8 Å². The SMILES string of the molecule is CC1CN(C(=O)c2ccc(NC(=O)Nc3ccc(-c4nc(N5CCOCC5)c5ccn(CCN(C)C)c5n4)cc3)cc2)CCN1C. The number of rotatable bonds is 8. The normalized spacial score (nSPS) is 17.5. The van der Waals surface area contributed by atoms with Gasteiger partial charge in [-0.15, -0.1) is 0 Å². The van der Waals surface area contributed by atoms with Crippen molar-refractivity contribution in [3.8, 4) is 11.4 Å². The summed E-state index contributed by atoms with van der Waals surface area (Å²) in [6.07, 6.45) is 2.08. The van der Waals surface area contributed by atoms with Crippen molar-refractivity contribution in [3.63, 3.8) is 0 Å². The molecule has 6 rings (SSSR count). The Bertz CT molecular complexity index is 1660. The third-order valence-corrected chi connectivity index (χ3v) is 8.73. The van der Waals surface area contributed by atoms with Crippen molar-refractivity contribution in [1.29, 1.82) is 0 Å². The number of nitrogens with zero attached hydrogens (tertiary/aromatic N) is 7. The van der Waals surface area contributed by atoms with Crippen molar-refractivity contribution in [2.75, 3.05) is 89.2 Å². The van der Waals surface area contributed by atoms with E-state index in [1.54, 1.807) is 24.3 Å². The van der Waals surface area contributed by atoms with Crippen LogP contribution in [0.2, 0.25) is 0 Å². The maximum Gasteiger partial charge on any atom is 0.323 e. The molecule has 12 nitrogen and oxygen atoms in total. The summed E-state index contributed by atoms with van der Waals surface area (Å²) in [7, 11) is 6.21. The molecule has 4 aromatic rings. The van der Waals surface area contributed by atoms with Crippen molar-refractivity contribution in [3.05, 3.63) is 66.4 Å². The summed E-state index contributed by atoms with van der Waals surface area (Å²) in [5.41, 5.74) is 3.62. The van der Waals surface area contributed by atoms with Crippen LogP contribution >= 0.6 is 0 Å². The molecule has 2 aromatic heterocycles. The molecule has 0 radical (unpaired) electrons. The number of hydrogen-bond donors (Lipinski definition) is 2. The zero-order chi connectivity index (χ0) is 32.2. The molecule has 12 heteroatoms. The van der Waals surface area contributed by atoms with E-state index < -0.39 is 0 Å². The maximum absolute atomic E-state index is 13.0. The summed E-state index contributed by atoms with van der Waals surface area (Å²) in [6.45, 7) is 9.01. The van der Waals surface area contributed by atoms with E-state index in [-0.39, 0.29) is 11.9 Å². The van der Waals surface area contributed by atoms with Crippen molar-refractivity contribution < 1.29 is 14.3 Å². The van der Waals surface area contributed by atoms with Crippen molar-refractivity contribution in [1.82, 2.24) is 29.2 Å². The largest absolute Gasteiger partial charge is 0.378 e. The van der Waals surface area contributed by atoms with Crippen LogP contribution in [0.25, 0.3) is 22.4 Å². The number of hydrogen-bond acceptors (Lipinski definition) is 8. The number of ether oxygens (including phenoxy) is 1. The number of likely N-dealkylation sites (N-methyl/N-ethyl adjacent to an activating group) is 2. The van der Waals surface area contributed by atoms with Crippen molar-refractivity contribution in [2.45, 2.75) is 19.5 Å². The van der Waals surface area contributed by atoms with Gasteiger partial charge in [-0.2, -0.15) is 0 Å². The van der Waals surface area contributed by atoms with E-state index in [9.17, 15) is 9.59 Å². The lowest BCUT2D eigenvalue weighted by Crippen LogP contribution is -2.52. The van der Waals surface area contributed by atoms with E-state index in [2.05, 4.69) is 70.2 Å². The van der Waals surface area contributed by atoms with E-state index in [1.807, 2.05) is 29.2 Å². The molecule has 0 spiro atoms. The fraction of sp³-hybridized carbons (Fsp3) is 0.412. The van der Waals surface area contributed by atoms with Gasteiger partial charge in [-0.25, -0.2) is 14.8 Å². The van der Waals surface area contributed by atoms with Crippen LogP contribution in [0.1, 0.15) is 17.3 Å². The highest BCUT2D eigenvalue weighted by atomic mass is 16.5. The van der Waals surface area contributed by atoms with E-state index in [0.29, 0.717) is 55.1 Å². The van der Waals surface area contributed by atoms with Crippen LogP contribution in [0, 0.1) is 0 Å². The summed E-state index contributed by atoms with van der Waals surface area (Å²) in [6, 6.07) is 16.6. The lowest BCUT2D eigenvalue weighted by molar-refractivity contribution is 0.0572. The van der Waals surface area contributed by atoms with Gasteiger partial charge in [0.25, 0.3) is 5.91 Å². The smallest absolute Gasteiger partial charge is 0.323 e. The molecule has 1 unspecified atom stereocenters. The van der Waals surface area contributed by atoms with Gasteiger partial charge in [0.15, 0.2) is 5.82 Å². The average Bonchev–Trinajstić information content (AvgIpc) is 3.48. The van der Waals surface area contributed by atoms with Crippen LogP contribution in [0.5, 0.6) is 0 Å². The highest BCUT2D eigenvalue weighted by Crippen LogP contribution is 2.30. The Labute approximate surface area is 269 Å². The Hall–Kier alpha value is -4.52. The van der Waals surface area contributed by atoms with Gasteiger partial charge in [0.05, 0.1) is 18.6 Å². The van der Waals surface area contributed by atoms with Crippen molar-refractivity contribution in [2.24, 2.45) is 0 Å². The molecule has 0 saturated carbocycles. The number of nitrogens with one attached hydrogen (secondary N) is 2. The second-order valence-corrected chi connectivity index (χ2v) is 12.3. The highest BCUT2D eigenvalue weighted by Gasteiger charge is 2.25. The summed E-state index contributed by atoms with van der Waals surface area (Å²) in [5, 5.41) is 6.78. The van der Waals surface area contributed by atoms with Gasteiger partial charge in [0, 0.05) is 80.6 Å². The second-order valence-electron chi connectivity index (χ2n) is 12.3. The molecule has 0 aliphatic carbocycles. The lowest BCUT2D eigenvalue weighted by Gasteiger charge is -2.37. The third-order valence-electron chi connectivity index (χ3n) is 8.73. The zero-order valence-electron chi connectivity index (χ0n) is 27.1. The molecular weight excluding hydrogens is 582 g/mol. The predicted octanol–water partition coefficient (Wildman–Crippen LogP) is 3.92. The number of anilines is 3. The number of aromatic nitrogens is 3. The van der Waals surface area contributed by atoms with Crippen LogP contribution in [-0.2, 0) is 11.3 Å². The minimum atomic E-state index is -0.370. The molecule has 4 heterocycles. The number of carbonyl (C=O) groups excluding carboxylic acids is 2. The Morgan fingerprint density at radius 2 is 1.59 bits per heavy atom. The summed E-state index contributed by atoms with van der Waals surface area (Å²) in [4.78, 5) is 44.3. The van der Waals surface area contributed by atoms with E-state index >= 15 is 0 Å². The van der Waals surface area contributed by atoms with Gasteiger partial charge in [-0.3, -0.25) is 4.79 Å². The minimum absolute atomic E-state index is 0.0120. The number of urea groups is 1. The first kappa shape index (κ1) is 31.5. The van der Waals surface area contributed by atoms with Crippen molar-refractivity contribution >= 4 is 40.2 Å². The van der Waals surface area contributed by atoms with Crippen LogP contribution in [0.3, 0.4) is 0 Å². The third kappa shape index (κ3) is 7.14. The summed E-state index contributed by atoms with van der Waals surface area (Å²) in [5.74, 6) is 1.56. The standard InChI is InChI=1S/C34H43N9O3/c1-24-23-43(18-16-40(24)4)33(44)26-7-11-28(12-8-26)36-34(45)35-27-9-5-25(6-10-27)30-37-31-29(13-14-41(31)17-15-39(2)3)32(38-30)42-19-21-46-22-20-42/h5-14,24H,15-23H2,1-4H3,(H2,35,36,45). The van der Waals surface area contributed by atoms with E-state index in [4.69, 9.17) is 14.7 Å². The number of morpholine rings is 1. The fourth-order valence-electron chi connectivity index (χ4n) is 5.79. The first-order chi connectivity index (χ1) is 22.2. The van der Waals surface area contributed by atoms with Gasteiger partial charge in [-0.05, 0) is 82.7 Å². The highest BCUT2D eigenvalue weighted by molar-refractivity contribution is 6.00. The molecule has 0 bridgehead atoms. The van der Waals surface area contributed by atoms with E-state index in [0.717, 1.165) is 55.1 Å². The van der Waals surface area contributed by atoms with Gasteiger partial charge in [0.1, 0.15) is 11.5 Å². The van der Waals surface area contributed by atoms with Gasteiger partial charge in [-0.1, -0.05) is 0 Å². The molecule has 2 aromatic carbocycles. The van der Waals surface area contributed by atoms with Gasteiger partial charge in [0.2, 0.25) is 0 Å². The van der Waals surface area contributed by atoms with Crippen LogP contribution < -0.4 is 15.5 Å². The molecule has 3 amide bonds. The molecule has 2 saturated heterocycles. The molecule has 2 N–H and O–H groups in total. The monoisotopic (exact) mass is 625 g/mol. The second kappa shape index (κ2) is 13.9. The summed E-state index contributed by atoms with van der Waals surface area (Å²) < 4.78 is 7.77. The Morgan fingerprint density at radius 3 is 2.24 bits per heavy atom. The number of benzene rings is 2. The Balaban J connectivity index is 1.13. The first-order valence-electron chi connectivity index (χ1n) is 15.9. The first-order valence-corrected chi connectivity index (χ1v) is 15.9. The predicted molar refractivity (Wildman–Crippen MR) is 182 cm³/mol. The fourth-order valence-corrected chi connectivity index (χ4v) is 5.79. The summed E-state index contributed by atoms with van der Waals surface area (Å²) >= 11 is 0. The number of carbonyl (C=O) groups is 2. The van der Waals surface area contributed by atoms with Gasteiger partial charge < -0.3 is 39.5 Å². The van der Waals surface area contributed by atoms with Crippen LogP contribution in [-0.4, -0.2) is 121 Å². The van der Waals surface area contributed by atoms with Crippen LogP contribution in [0.4, 0.5) is 22.0 Å². The topological polar surface area (TPSA) is 111 Å². The lowest BCUT2D eigenvalue weighted by atomic mass is 10.1. The number of amides is 3. The van der Waals surface area contributed by atoms with Gasteiger partial charge >= 0.3 is 6.03 Å². The molecule has 1 atom stereocenters. The molecule has 242 valence electrons. The maximum atomic E-state index is 13.0. The molecular formula is C34H43N9O3. The minimum Gasteiger partial charge on any atom is -0.378 e. The molecule has 2 fully saturated rings. The molecule has 2 aliphatic rings. The number of piperazine rings is 1. The molecule has 46 heavy (non-hydrogen) atoms. The zero-order valence-corrected chi connectivity index (χ0v) is 27.1. The quantitative estimate of drug-likeness (QED) is 0.303.